The summed E-state index contributed by atoms with van der Waals surface area (Å²) in [4.78, 5) is 22.3. The molecule has 1 unspecified atom stereocenters. The van der Waals surface area contributed by atoms with Crippen LogP contribution in [0.3, 0.4) is 0 Å². The highest BCUT2D eigenvalue weighted by atomic mass is 32.2. The SMILES string of the molecule is CC(C)(C)C(=O)OCOP(=O)(OCOC(=O)C(C)(C)C)C(CCCc1cccc(Cc2ccccc2)c1)S(=O)(=O)O. The minimum atomic E-state index is -4.98. The molecule has 2 rings (SSSR count). The Balaban J connectivity index is 2.17. The van der Waals surface area contributed by atoms with Gasteiger partial charge >= 0.3 is 19.5 Å². The lowest BCUT2D eigenvalue weighted by Gasteiger charge is -2.26. The van der Waals surface area contributed by atoms with E-state index in [1.54, 1.807) is 41.5 Å². The standard InChI is InChI=1S/C29H41O10PS/c1-28(2,3)26(30)36-20-38-40(32,39-21-37-27(31)29(4,5)6)25(41(33,34)35)17-11-15-23-14-10-16-24(19-23)18-22-12-8-7-9-13-22/h7-10,12-14,16,19,25H,11,15,17-18,20-21H2,1-6H3,(H,33,34,35). The summed E-state index contributed by atoms with van der Waals surface area (Å²) in [6.45, 7) is 7.75. The zero-order valence-electron chi connectivity index (χ0n) is 24.5. The van der Waals surface area contributed by atoms with Crippen LogP contribution in [0.25, 0.3) is 0 Å². The van der Waals surface area contributed by atoms with Gasteiger partial charge in [-0.3, -0.25) is 27.8 Å². The zero-order chi connectivity index (χ0) is 30.9. The summed E-state index contributed by atoms with van der Waals surface area (Å²) < 4.78 is 68.9. The molecule has 2 aromatic carbocycles. The first-order chi connectivity index (χ1) is 18.9. The molecule has 12 heteroatoms. The number of rotatable bonds is 14. The van der Waals surface area contributed by atoms with Gasteiger partial charge in [0.25, 0.3) is 10.1 Å². The topological polar surface area (TPSA) is 142 Å². The van der Waals surface area contributed by atoms with Gasteiger partial charge in [0, 0.05) is 0 Å². The van der Waals surface area contributed by atoms with Crippen LogP contribution in [0.15, 0.2) is 54.6 Å². The van der Waals surface area contributed by atoms with Crippen molar-refractivity contribution < 1.29 is 45.6 Å². The molecule has 0 saturated carbocycles. The Bertz CT molecular complexity index is 1280. The lowest BCUT2D eigenvalue weighted by atomic mass is 9.98. The average Bonchev–Trinajstić information content (AvgIpc) is 2.85. The van der Waals surface area contributed by atoms with Crippen LogP contribution in [-0.4, -0.2) is 43.5 Å². The Kier molecular flexibility index (Phi) is 12.3. The van der Waals surface area contributed by atoms with Gasteiger partial charge in [0.05, 0.1) is 10.8 Å². The average molecular weight is 613 g/mol. The number of hydrogen-bond acceptors (Lipinski definition) is 9. The zero-order valence-corrected chi connectivity index (χ0v) is 26.2. The van der Waals surface area contributed by atoms with Gasteiger partial charge < -0.3 is 9.47 Å². The molecular weight excluding hydrogens is 571 g/mol. The van der Waals surface area contributed by atoms with Gasteiger partial charge in [-0.2, -0.15) is 8.42 Å². The fourth-order valence-electron chi connectivity index (χ4n) is 3.62. The van der Waals surface area contributed by atoms with Crippen molar-refractivity contribution in [2.75, 3.05) is 13.6 Å². The van der Waals surface area contributed by atoms with Crippen molar-refractivity contribution in [2.45, 2.75) is 72.2 Å². The molecule has 2 aromatic rings. The molecule has 0 aliphatic carbocycles. The largest absolute Gasteiger partial charge is 0.438 e. The highest BCUT2D eigenvalue weighted by Crippen LogP contribution is 2.56. The summed E-state index contributed by atoms with van der Waals surface area (Å²) in [7, 11) is -9.72. The second kappa shape index (κ2) is 14.6. The molecule has 0 heterocycles. The second-order valence-corrected chi connectivity index (χ2v) is 15.9. The van der Waals surface area contributed by atoms with E-state index in [4.69, 9.17) is 18.5 Å². The minimum absolute atomic E-state index is 0.194. The van der Waals surface area contributed by atoms with Crippen molar-refractivity contribution in [3.63, 3.8) is 0 Å². The molecule has 0 spiro atoms. The number of ether oxygens (including phenoxy) is 2. The van der Waals surface area contributed by atoms with Crippen molar-refractivity contribution in [3.05, 3.63) is 71.3 Å². The predicted octanol–water partition coefficient (Wildman–Crippen LogP) is 6.13. The molecular formula is C29H41O10PS. The van der Waals surface area contributed by atoms with Gasteiger partial charge in [0.1, 0.15) is 0 Å². The molecule has 41 heavy (non-hydrogen) atoms. The first-order valence-electron chi connectivity index (χ1n) is 13.2. The van der Waals surface area contributed by atoms with Crippen LogP contribution in [-0.2, 0) is 55.6 Å². The first-order valence-corrected chi connectivity index (χ1v) is 16.3. The number of carbonyl (C=O) groups excluding carboxylic acids is 2. The molecule has 0 saturated heterocycles. The quantitative estimate of drug-likeness (QED) is 0.114. The summed E-state index contributed by atoms with van der Waals surface area (Å²) in [6.07, 6.45) is 1.02. The van der Waals surface area contributed by atoms with Gasteiger partial charge in [0.2, 0.25) is 13.6 Å². The summed E-state index contributed by atoms with van der Waals surface area (Å²) in [5.74, 6) is -1.39. The smallest absolute Gasteiger partial charge is 0.357 e. The van der Waals surface area contributed by atoms with E-state index in [2.05, 4.69) is 0 Å². The molecule has 0 fully saturated rings. The Morgan fingerprint density at radius 2 is 1.29 bits per heavy atom. The number of hydrogen-bond donors (Lipinski definition) is 1. The van der Waals surface area contributed by atoms with Crippen LogP contribution in [0.4, 0.5) is 0 Å². The van der Waals surface area contributed by atoms with Gasteiger partial charge in [-0.05, 0) is 83.9 Å². The van der Waals surface area contributed by atoms with Crippen LogP contribution in [0.5, 0.6) is 0 Å². The third kappa shape index (κ3) is 11.7. The maximum Gasteiger partial charge on any atom is 0.357 e. The van der Waals surface area contributed by atoms with Crippen molar-refractivity contribution >= 4 is 29.7 Å². The minimum Gasteiger partial charge on any atom is -0.438 e. The molecule has 228 valence electrons. The Morgan fingerprint density at radius 1 is 0.805 bits per heavy atom. The summed E-state index contributed by atoms with van der Waals surface area (Å²) >= 11 is 0. The maximum absolute atomic E-state index is 13.8. The molecule has 0 aliphatic heterocycles. The number of benzene rings is 2. The highest BCUT2D eigenvalue weighted by molar-refractivity contribution is 7.94. The lowest BCUT2D eigenvalue weighted by Crippen LogP contribution is -2.28. The van der Waals surface area contributed by atoms with E-state index in [1.807, 2.05) is 54.6 Å². The molecule has 0 radical (unpaired) electrons. The van der Waals surface area contributed by atoms with Crippen molar-refractivity contribution in [2.24, 2.45) is 10.8 Å². The van der Waals surface area contributed by atoms with E-state index in [-0.39, 0.29) is 12.8 Å². The van der Waals surface area contributed by atoms with Gasteiger partial charge in [-0.15, -0.1) is 0 Å². The Morgan fingerprint density at radius 3 is 1.78 bits per heavy atom. The van der Waals surface area contributed by atoms with Crippen molar-refractivity contribution in [1.82, 2.24) is 0 Å². The first kappa shape index (κ1) is 34.6. The van der Waals surface area contributed by atoms with Crippen molar-refractivity contribution in [1.29, 1.82) is 0 Å². The lowest BCUT2D eigenvalue weighted by molar-refractivity contribution is -0.162. The molecule has 0 aromatic heterocycles. The van der Waals surface area contributed by atoms with Crippen LogP contribution in [0.1, 0.15) is 71.1 Å². The summed E-state index contributed by atoms with van der Waals surface area (Å²) in [5, 5.41) is 0. The number of aryl methyl sites for hydroxylation is 1. The molecule has 0 aliphatic rings. The molecule has 1 atom stereocenters. The highest BCUT2D eigenvalue weighted by Gasteiger charge is 2.45. The Hall–Kier alpha value is -2.56. The van der Waals surface area contributed by atoms with E-state index < -0.39 is 59.1 Å². The fourth-order valence-corrected chi connectivity index (χ4v) is 7.06. The van der Waals surface area contributed by atoms with Crippen molar-refractivity contribution in [3.8, 4) is 0 Å². The van der Waals surface area contributed by atoms with Crippen LogP contribution >= 0.6 is 7.60 Å². The van der Waals surface area contributed by atoms with E-state index in [1.165, 1.54) is 0 Å². The molecule has 0 bridgehead atoms. The van der Waals surface area contributed by atoms with E-state index >= 15 is 0 Å². The number of carbonyl (C=O) groups is 2. The van der Waals surface area contributed by atoms with Gasteiger partial charge in [-0.25, -0.2) is 0 Å². The number of esters is 2. The summed E-state index contributed by atoms with van der Waals surface area (Å²) in [5.41, 5.74) is 1.31. The summed E-state index contributed by atoms with van der Waals surface area (Å²) in [6, 6.07) is 17.7. The fraction of sp³-hybridized carbons (Fsp3) is 0.517. The molecule has 10 nitrogen and oxygen atoms in total. The third-order valence-electron chi connectivity index (χ3n) is 5.93. The van der Waals surface area contributed by atoms with Gasteiger partial charge in [-0.1, -0.05) is 54.6 Å². The van der Waals surface area contributed by atoms with Crippen LogP contribution in [0, 0.1) is 10.8 Å². The maximum atomic E-state index is 13.8. The monoisotopic (exact) mass is 612 g/mol. The molecule has 1 N–H and O–H groups in total. The molecule has 0 amide bonds. The van der Waals surface area contributed by atoms with E-state index in [0.29, 0.717) is 6.42 Å². The van der Waals surface area contributed by atoms with Gasteiger partial charge in [0.15, 0.2) is 4.99 Å². The van der Waals surface area contributed by atoms with E-state index in [0.717, 1.165) is 23.1 Å². The second-order valence-electron chi connectivity index (χ2n) is 11.7. The van der Waals surface area contributed by atoms with E-state index in [9.17, 15) is 27.1 Å². The Labute approximate surface area is 243 Å². The third-order valence-corrected chi connectivity index (χ3v) is 10.3. The normalized spacial score (nSPS) is 13.4. The van der Waals surface area contributed by atoms with Crippen LogP contribution < -0.4 is 0 Å². The predicted molar refractivity (Wildman–Crippen MR) is 155 cm³/mol. The van der Waals surface area contributed by atoms with Crippen LogP contribution in [0.2, 0.25) is 0 Å².